The summed E-state index contributed by atoms with van der Waals surface area (Å²) in [6.45, 7) is 1.41. The van der Waals surface area contributed by atoms with E-state index in [4.69, 9.17) is 34.4 Å². The second kappa shape index (κ2) is 30.9. The van der Waals surface area contributed by atoms with Gasteiger partial charge in [-0.1, -0.05) is 55.0 Å². The lowest BCUT2D eigenvalue weighted by Crippen LogP contribution is -2.58. The van der Waals surface area contributed by atoms with E-state index in [1.807, 2.05) is 24.3 Å². The van der Waals surface area contributed by atoms with Crippen molar-refractivity contribution in [1.29, 1.82) is 0 Å². The van der Waals surface area contributed by atoms with Gasteiger partial charge in [0, 0.05) is 81.1 Å². The predicted molar refractivity (Wildman–Crippen MR) is 284 cm³/mol. The Morgan fingerprint density at radius 3 is 2.01 bits per heavy atom. The number of para-hydroxylation sites is 1. The highest BCUT2D eigenvalue weighted by molar-refractivity contribution is 5.98. The van der Waals surface area contributed by atoms with Crippen LogP contribution in [0.15, 0.2) is 70.8 Å². The van der Waals surface area contributed by atoms with Gasteiger partial charge in [0.25, 0.3) is 0 Å². The van der Waals surface area contributed by atoms with Crippen LogP contribution < -0.4 is 61.0 Å². The van der Waals surface area contributed by atoms with Gasteiger partial charge in [0.15, 0.2) is 17.7 Å². The van der Waals surface area contributed by atoms with Crippen molar-refractivity contribution in [3.05, 3.63) is 71.9 Å². The van der Waals surface area contributed by atoms with Crippen molar-refractivity contribution in [3.8, 4) is 0 Å². The molecule has 1 aliphatic rings. The molecule has 1 aromatic heterocycles. The molecule has 412 valence electrons. The number of nitrogens with zero attached hydrogens (tertiary/aromatic N) is 2. The number of amides is 7. The molecular weight excluding hydrogens is 981 g/mol. The smallest absolute Gasteiger partial charge is 0.243 e. The maximum absolute atomic E-state index is 14.8. The van der Waals surface area contributed by atoms with Crippen molar-refractivity contribution < 1.29 is 47.9 Å². The highest BCUT2D eigenvalue weighted by atomic mass is 16.2. The minimum Gasteiger partial charge on any atom is -0.370 e. The highest BCUT2D eigenvalue weighted by Gasteiger charge is 2.35. The number of aromatic nitrogens is 1. The van der Waals surface area contributed by atoms with E-state index in [-0.39, 0.29) is 121 Å². The molecule has 7 amide bonds. The maximum Gasteiger partial charge on any atom is 0.243 e. The molecule has 2 heterocycles. The van der Waals surface area contributed by atoms with Crippen LogP contribution >= 0.6 is 0 Å². The predicted octanol–water partition coefficient (Wildman–Crippen LogP) is -0.671. The van der Waals surface area contributed by atoms with Gasteiger partial charge in [-0.3, -0.25) is 57.9 Å². The largest absolute Gasteiger partial charge is 0.370 e. The Labute approximate surface area is 440 Å². The fourth-order valence-corrected chi connectivity index (χ4v) is 8.97. The number of aromatic amines is 1. The molecular formula is C52H74N14O10. The van der Waals surface area contributed by atoms with Gasteiger partial charge in [-0.05, 0) is 81.4 Å². The van der Waals surface area contributed by atoms with Crippen molar-refractivity contribution in [2.75, 3.05) is 13.1 Å². The Morgan fingerprint density at radius 1 is 0.684 bits per heavy atom. The van der Waals surface area contributed by atoms with Crippen LogP contribution in [0.5, 0.6) is 0 Å². The SMILES string of the molecule is CC(=O)N[C@@H](CCCN=C(N)N)C(=O)N[C@H]1CCC(=O)CCCC[C@@H](C(N)=O)NC(=O)[C@H](Cc2c[nH]c3ccccc23)CC(=O)[C@H](CCCN=C(N)N)CC(=O)[C@@H](Cc2ccccc2)NC(=O)[C@H](CCC(N)=O)NC1=O. The molecule has 1 aliphatic heterocycles. The number of primary amides is 2. The number of carbonyl (C=O) groups excluding carboxylic acids is 10. The van der Waals surface area contributed by atoms with Crippen molar-refractivity contribution in [3.63, 3.8) is 0 Å². The molecule has 1 fully saturated rings. The van der Waals surface area contributed by atoms with E-state index in [2.05, 4.69) is 41.6 Å². The third-order valence-electron chi connectivity index (χ3n) is 13.0. The van der Waals surface area contributed by atoms with Gasteiger partial charge in [-0.25, -0.2) is 0 Å². The summed E-state index contributed by atoms with van der Waals surface area (Å²) in [6, 6.07) is 9.34. The molecule has 7 atom stereocenters. The number of rotatable bonds is 19. The van der Waals surface area contributed by atoms with Crippen LogP contribution in [0.3, 0.4) is 0 Å². The number of fused-ring (bicyclic) bond motifs is 1. The standard InChI is InChI=1S/C52H74N14O10/c1-30(67)62-39(18-10-24-60-52(57)58)48(74)64-40-20-19-35(68)14-5-7-17-38(46(54)72)63-47(73)33(26-34-29-61-37-16-8-6-15-36(34)37)28-43(69)32(13-9-23-59-51(55)56)27-44(70)42(25-31-11-3-2-4-12-31)66-50(76)41(65-49(40)75)21-22-45(53)71/h2-4,6,8,11-12,15-16,29,32-33,38-42,61H,5,7,9-10,13-14,17-28H2,1H3,(H2,53,71)(H2,54,72)(H,62,67)(H,63,73)(H,64,74)(H,65,75)(H,66,76)(H4,55,56,59)(H4,57,58,60)/t32-,33-,38+,39+,40+,41+,42-/m1/s1. The van der Waals surface area contributed by atoms with E-state index >= 15 is 0 Å². The fraction of sp³-hybridized carbons (Fsp3) is 0.500. The second-order valence-electron chi connectivity index (χ2n) is 19.1. The van der Waals surface area contributed by atoms with Gasteiger partial charge in [-0.2, -0.15) is 0 Å². The number of hydrogen-bond donors (Lipinski definition) is 12. The molecule has 4 rings (SSSR count). The summed E-state index contributed by atoms with van der Waals surface area (Å²) in [6.07, 6.45) is 0.691. The lowest BCUT2D eigenvalue weighted by atomic mass is 9.83. The van der Waals surface area contributed by atoms with Gasteiger partial charge in [0.2, 0.25) is 41.4 Å². The summed E-state index contributed by atoms with van der Waals surface area (Å²) in [5.41, 5.74) is 35.5. The van der Waals surface area contributed by atoms with Crippen molar-refractivity contribution >= 4 is 81.5 Å². The average molecular weight is 1060 g/mol. The van der Waals surface area contributed by atoms with Crippen molar-refractivity contribution in [2.45, 2.75) is 140 Å². The first kappa shape index (κ1) is 60.4. The molecule has 0 unspecified atom stereocenters. The number of benzene rings is 2. The molecule has 0 bridgehead atoms. The lowest BCUT2D eigenvalue weighted by Gasteiger charge is -2.27. The summed E-state index contributed by atoms with van der Waals surface area (Å²) in [5.74, 6) is -9.37. The van der Waals surface area contributed by atoms with E-state index in [9.17, 15) is 47.9 Å². The van der Waals surface area contributed by atoms with E-state index in [1.165, 1.54) is 6.92 Å². The normalized spacial score (nSPS) is 21.2. The quantitative estimate of drug-likeness (QED) is 0.0403. The van der Waals surface area contributed by atoms with Crippen LogP contribution in [-0.4, -0.2) is 119 Å². The van der Waals surface area contributed by atoms with Gasteiger partial charge < -0.3 is 66.0 Å². The van der Waals surface area contributed by atoms with Crippen molar-refractivity contribution in [2.24, 2.45) is 56.2 Å². The molecule has 2 aromatic carbocycles. The second-order valence-corrected chi connectivity index (χ2v) is 19.1. The lowest BCUT2D eigenvalue weighted by molar-refractivity contribution is -0.136. The van der Waals surface area contributed by atoms with Crippen LogP contribution in [0.25, 0.3) is 10.9 Å². The summed E-state index contributed by atoms with van der Waals surface area (Å²) >= 11 is 0. The van der Waals surface area contributed by atoms with Gasteiger partial charge in [0.05, 0.1) is 6.04 Å². The topological polar surface area (TPSA) is 427 Å². The summed E-state index contributed by atoms with van der Waals surface area (Å²) in [5, 5.41) is 14.0. The fourth-order valence-electron chi connectivity index (χ4n) is 8.97. The Balaban J connectivity index is 1.78. The number of nitrogens with two attached hydrogens (primary N) is 6. The Kier molecular flexibility index (Phi) is 24.5. The number of guanidine groups is 2. The number of Topliss-reactive ketones (excluding diaryl/α,β-unsaturated/α-hetero) is 3. The minimum atomic E-state index is -1.53. The van der Waals surface area contributed by atoms with Crippen molar-refractivity contribution in [1.82, 2.24) is 31.6 Å². The first-order valence-electron chi connectivity index (χ1n) is 25.5. The van der Waals surface area contributed by atoms with Crippen LogP contribution in [0.2, 0.25) is 0 Å². The Bertz CT molecular complexity index is 2580. The van der Waals surface area contributed by atoms with Gasteiger partial charge >= 0.3 is 0 Å². The summed E-state index contributed by atoms with van der Waals surface area (Å²) in [7, 11) is 0. The molecule has 1 saturated heterocycles. The van der Waals surface area contributed by atoms with Gasteiger partial charge in [0.1, 0.15) is 35.7 Å². The van der Waals surface area contributed by atoms with E-state index in [0.717, 1.165) is 10.9 Å². The summed E-state index contributed by atoms with van der Waals surface area (Å²) < 4.78 is 0. The number of nitrogens with one attached hydrogen (secondary N) is 6. The third kappa shape index (κ3) is 21.0. The van der Waals surface area contributed by atoms with Crippen LogP contribution in [0.1, 0.15) is 108 Å². The zero-order chi connectivity index (χ0) is 55.7. The van der Waals surface area contributed by atoms with E-state index in [1.54, 1.807) is 36.5 Å². The average Bonchev–Trinajstić information content (AvgIpc) is 3.78. The monoisotopic (exact) mass is 1050 g/mol. The summed E-state index contributed by atoms with van der Waals surface area (Å²) in [4.78, 5) is 148. The molecule has 3 aromatic rings. The molecule has 24 nitrogen and oxygen atoms in total. The molecule has 18 N–H and O–H groups in total. The third-order valence-corrected chi connectivity index (χ3v) is 13.0. The zero-order valence-electron chi connectivity index (χ0n) is 43.0. The zero-order valence-corrected chi connectivity index (χ0v) is 43.0. The minimum absolute atomic E-state index is 0.0371. The molecule has 0 spiro atoms. The Hall–Kier alpha value is -8.18. The molecule has 76 heavy (non-hydrogen) atoms. The molecule has 24 heteroatoms. The van der Waals surface area contributed by atoms with E-state index < -0.39 is 108 Å². The number of carbonyl (C=O) groups is 10. The van der Waals surface area contributed by atoms with Crippen LogP contribution in [0.4, 0.5) is 0 Å². The first-order chi connectivity index (χ1) is 36.2. The maximum atomic E-state index is 14.8. The Morgan fingerprint density at radius 2 is 1.34 bits per heavy atom. The van der Waals surface area contributed by atoms with Gasteiger partial charge in [-0.15, -0.1) is 0 Å². The van der Waals surface area contributed by atoms with Crippen LogP contribution in [0, 0.1) is 11.8 Å². The number of aliphatic imine (C=N–C) groups is 2. The molecule has 0 saturated carbocycles. The number of ketones is 3. The number of H-pyrrole nitrogens is 1. The molecule has 0 aliphatic carbocycles. The number of hydrogen-bond acceptors (Lipinski definition) is 12. The van der Waals surface area contributed by atoms with E-state index in [0.29, 0.717) is 11.1 Å². The highest BCUT2D eigenvalue weighted by Crippen LogP contribution is 2.26. The van der Waals surface area contributed by atoms with Crippen LogP contribution in [-0.2, 0) is 60.8 Å². The molecule has 0 radical (unpaired) electrons. The first-order valence-corrected chi connectivity index (χ1v) is 25.5.